The number of imide groups is 1. The third-order valence-electron chi connectivity index (χ3n) is 4.32. The number of ether oxygens (including phenoxy) is 3. The zero-order valence-corrected chi connectivity index (χ0v) is 15.6. The number of nitrogens with zero attached hydrogens (tertiary/aromatic N) is 1. The van der Waals surface area contributed by atoms with Crippen LogP contribution in [0.15, 0.2) is 48.5 Å². The predicted octanol–water partition coefficient (Wildman–Crippen LogP) is 2.69. The molecule has 0 aromatic heterocycles. The topological polar surface area (TPSA) is 82.1 Å². The SMILES string of the molecule is COc1ccc(OCCOC(=O)CCCN2C(=O)c3ccccc3C2=O)cc1. The van der Waals surface area contributed by atoms with Crippen molar-refractivity contribution in [3.8, 4) is 11.5 Å². The van der Waals surface area contributed by atoms with Crippen molar-refractivity contribution in [2.45, 2.75) is 12.8 Å². The fourth-order valence-corrected chi connectivity index (χ4v) is 2.88. The Morgan fingerprint density at radius 1 is 0.893 bits per heavy atom. The largest absolute Gasteiger partial charge is 0.497 e. The highest BCUT2D eigenvalue weighted by molar-refractivity contribution is 6.21. The van der Waals surface area contributed by atoms with Crippen LogP contribution in [-0.2, 0) is 9.53 Å². The van der Waals surface area contributed by atoms with Gasteiger partial charge in [0.15, 0.2) is 0 Å². The van der Waals surface area contributed by atoms with E-state index in [9.17, 15) is 14.4 Å². The van der Waals surface area contributed by atoms with E-state index in [1.54, 1.807) is 55.6 Å². The van der Waals surface area contributed by atoms with Gasteiger partial charge in [0.05, 0.1) is 18.2 Å². The summed E-state index contributed by atoms with van der Waals surface area (Å²) in [6, 6.07) is 13.8. The molecule has 1 heterocycles. The van der Waals surface area contributed by atoms with Crippen molar-refractivity contribution in [2.75, 3.05) is 26.9 Å². The maximum Gasteiger partial charge on any atom is 0.305 e. The Bertz CT molecular complexity index is 826. The van der Waals surface area contributed by atoms with Gasteiger partial charge in [-0.05, 0) is 42.8 Å². The molecule has 2 amide bonds. The monoisotopic (exact) mass is 383 g/mol. The quantitative estimate of drug-likeness (QED) is 0.376. The Balaban J connectivity index is 1.34. The van der Waals surface area contributed by atoms with E-state index in [0.29, 0.717) is 23.3 Å². The van der Waals surface area contributed by atoms with Crippen molar-refractivity contribution in [1.82, 2.24) is 4.90 Å². The minimum atomic E-state index is -0.394. The van der Waals surface area contributed by atoms with Crippen molar-refractivity contribution in [3.05, 3.63) is 59.7 Å². The van der Waals surface area contributed by atoms with Gasteiger partial charge in [0.25, 0.3) is 11.8 Å². The van der Waals surface area contributed by atoms with Crippen molar-refractivity contribution in [3.63, 3.8) is 0 Å². The summed E-state index contributed by atoms with van der Waals surface area (Å²) in [5, 5.41) is 0. The van der Waals surface area contributed by atoms with E-state index in [2.05, 4.69) is 0 Å². The van der Waals surface area contributed by atoms with Gasteiger partial charge in [-0.1, -0.05) is 12.1 Å². The van der Waals surface area contributed by atoms with Gasteiger partial charge in [-0.3, -0.25) is 19.3 Å². The number of rotatable bonds is 9. The molecule has 1 aliphatic rings. The fourth-order valence-electron chi connectivity index (χ4n) is 2.88. The molecule has 0 saturated carbocycles. The molecular weight excluding hydrogens is 362 g/mol. The summed E-state index contributed by atoms with van der Waals surface area (Å²) in [4.78, 5) is 37.4. The number of amides is 2. The van der Waals surface area contributed by atoms with Crippen molar-refractivity contribution in [2.24, 2.45) is 0 Å². The highest BCUT2D eigenvalue weighted by Gasteiger charge is 2.34. The molecule has 0 bridgehead atoms. The van der Waals surface area contributed by atoms with E-state index in [-0.39, 0.29) is 38.0 Å². The number of methoxy groups -OCH3 is 1. The first kappa shape index (κ1) is 19.4. The minimum Gasteiger partial charge on any atom is -0.497 e. The summed E-state index contributed by atoms with van der Waals surface area (Å²) in [5.41, 5.74) is 0.816. The zero-order chi connectivity index (χ0) is 19.9. The molecule has 0 fully saturated rings. The van der Waals surface area contributed by atoms with Gasteiger partial charge >= 0.3 is 5.97 Å². The van der Waals surface area contributed by atoms with Crippen LogP contribution in [-0.4, -0.2) is 49.6 Å². The Hall–Kier alpha value is -3.35. The van der Waals surface area contributed by atoms with Gasteiger partial charge in [0, 0.05) is 13.0 Å². The van der Waals surface area contributed by atoms with E-state index in [0.717, 1.165) is 5.75 Å². The summed E-state index contributed by atoms with van der Waals surface area (Å²) in [7, 11) is 1.59. The van der Waals surface area contributed by atoms with Crippen LogP contribution in [0.4, 0.5) is 0 Å². The lowest BCUT2D eigenvalue weighted by molar-refractivity contribution is -0.144. The Labute approximate surface area is 162 Å². The minimum absolute atomic E-state index is 0.121. The van der Waals surface area contributed by atoms with E-state index in [1.807, 2.05) is 0 Å². The van der Waals surface area contributed by atoms with Crippen LogP contribution < -0.4 is 9.47 Å². The van der Waals surface area contributed by atoms with Gasteiger partial charge in [-0.25, -0.2) is 0 Å². The van der Waals surface area contributed by atoms with Gasteiger partial charge in [-0.2, -0.15) is 0 Å². The number of benzene rings is 2. The first-order valence-electron chi connectivity index (χ1n) is 8.98. The van der Waals surface area contributed by atoms with Crippen LogP contribution in [0, 0.1) is 0 Å². The van der Waals surface area contributed by atoms with Crippen LogP contribution in [0.1, 0.15) is 33.6 Å². The van der Waals surface area contributed by atoms with Crippen LogP contribution >= 0.6 is 0 Å². The fraction of sp³-hybridized carbons (Fsp3) is 0.286. The molecule has 7 heteroatoms. The Morgan fingerprint density at radius 2 is 1.50 bits per heavy atom. The van der Waals surface area contributed by atoms with Crippen LogP contribution in [0.2, 0.25) is 0 Å². The van der Waals surface area contributed by atoms with E-state index in [1.165, 1.54) is 4.90 Å². The average Bonchev–Trinajstić information content (AvgIpc) is 2.97. The molecule has 2 aromatic carbocycles. The smallest absolute Gasteiger partial charge is 0.305 e. The summed E-state index contributed by atoms with van der Waals surface area (Å²) in [5.74, 6) is 0.359. The van der Waals surface area contributed by atoms with Gasteiger partial charge < -0.3 is 14.2 Å². The molecule has 7 nitrogen and oxygen atoms in total. The molecule has 0 saturated heterocycles. The second kappa shape index (κ2) is 9.03. The molecule has 3 rings (SSSR count). The lowest BCUT2D eigenvalue weighted by Crippen LogP contribution is -2.31. The van der Waals surface area contributed by atoms with Crippen molar-refractivity contribution < 1.29 is 28.6 Å². The molecule has 0 unspecified atom stereocenters. The third kappa shape index (κ3) is 4.49. The molecular formula is C21H21NO6. The molecule has 146 valence electrons. The molecule has 0 atom stereocenters. The normalized spacial score (nSPS) is 12.7. The number of carbonyl (C=O) groups is 3. The molecule has 28 heavy (non-hydrogen) atoms. The maximum atomic E-state index is 12.2. The second-order valence-electron chi connectivity index (χ2n) is 6.16. The van der Waals surface area contributed by atoms with Crippen LogP contribution in [0.5, 0.6) is 11.5 Å². The molecule has 2 aromatic rings. The average molecular weight is 383 g/mol. The van der Waals surface area contributed by atoms with E-state index in [4.69, 9.17) is 14.2 Å². The molecule has 1 aliphatic heterocycles. The van der Waals surface area contributed by atoms with Gasteiger partial charge in [0.1, 0.15) is 24.7 Å². The standard InChI is InChI=1S/C21H21NO6/c1-26-15-8-10-16(11-9-15)27-13-14-28-19(23)7-4-12-22-20(24)17-5-2-3-6-18(17)21(22)25/h2-3,5-6,8-11H,4,7,12-14H2,1H3. The summed E-state index contributed by atoms with van der Waals surface area (Å²) in [6.07, 6.45) is 0.472. The summed E-state index contributed by atoms with van der Waals surface area (Å²) < 4.78 is 15.6. The predicted molar refractivity (Wildman–Crippen MR) is 100 cm³/mol. The Kier molecular flexibility index (Phi) is 6.26. The zero-order valence-electron chi connectivity index (χ0n) is 15.6. The first-order chi connectivity index (χ1) is 13.6. The third-order valence-corrected chi connectivity index (χ3v) is 4.32. The Morgan fingerprint density at radius 3 is 2.11 bits per heavy atom. The maximum absolute atomic E-state index is 12.2. The van der Waals surface area contributed by atoms with Gasteiger partial charge in [0.2, 0.25) is 0 Å². The van der Waals surface area contributed by atoms with Crippen molar-refractivity contribution >= 4 is 17.8 Å². The van der Waals surface area contributed by atoms with Crippen molar-refractivity contribution in [1.29, 1.82) is 0 Å². The van der Waals surface area contributed by atoms with Gasteiger partial charge in [-0.15, -0.1) is 0 Å². The number of hydrogen-bond acceptors (Lipinski definition) is 6. The van der Waals surface area contributed by atoms with E-state index < -0.39 is 5.97 Å². The lowest BCUT2D eigenvalue weighted by Gasteiger charge is -2.13. The number of carbonyl (C=O) groups excluding carboxylic acids is 3. The number of esters is 1. The summed E-state index contributed by atoms with van der Waals surface area (Å²) in [6.45, 7) is 0.540. The molecule has 0 spiro atoms. The van der Waals surface area contributed by atoms with Crippen LogP contribution in [0.25, 0.3) is 0 Å². The lowest BCUT2D eigenvalue weighted by atomic mass is 10.1. The van der Waals surface area contributed by atoms with E-state index >= 15 is 0 Å². The highest BCUT2D eigenvalue weighted by atomic mass is 16.6. The number of fused-ring (bicyclic) bond motifs is 1. The number of hydrogen-bond donors (Lipinski definition) is 0. The first-order valence-corrected chi connectivity index (χ1v) is 8.98. The molecule has 0 N–H and O–H groups in total. The highest BCUT2D eigenvalue weighted by Crippen LogP contribution is 2.22. The molecule has 0 aliphatic carbocycles. The second-order valence-corrected chi connectivity index (χ2v) is 6.16. The summed E-state index contributed by atoms with van der Waals surface area (Å²) >= 11 is 0. The van der Waals surface area contributed by atoms with Crippen LogP contribution in [0.3, 0.4) is 0 Å². The molecule has 0 radical (unpaired) electrons.